The Morgan fingerprint density at radius 2 is 1.60 bits per heavy atom. The van der Waals surface area contributed by atoms with Gasteiger partial charge >= 0.3 is 0 Å². The molecule has 0 aliphatic carbocycles. The molecule has 0 saturated carbocycles. The highest BCUT2D eigenvalue weighted by Crippen LogP contribution is 2.27. The first-order valence-electron chi connectivity index (χ1n) is 6.68. The fraction of sp³-hybridized carbons (Fsp3) is 0.533. The summed E-state index contributed by atoms with van der Waals surface area (Å²) < 4.78 is 5.66. The summed E-state index contributed by atoms with van der Waals surface area (Å²) in [7, 11) is 0. The highest BCUT2D eigenvalue weighted by molar-refractivity contribution is 6.42. The molecule has 0 aliphatic rings. The lowest BCUT2D eigenvalue weighted by Gasteiger charge is -2.33. The van der Waals surface area contributed by atoms with E-state index in [-0.39, 0.29) is 18.0 Å². The van der Waals surface area contributed by atoms with E-state index in [0.29, 0.717) is 15.8 Å². The molecule has 0 spiro atoms. The second-order valence-corrected chi connectivity index (χ2v) is 6.08. The van der Waals surface area contributed by atoms with Crippen molar-refractivity contribution < 1.29 is 9.53 Å². The van der Waals surface area contributed by atoms with Gasteiger partial charge in [-0.3, -0.25) is 4.79 Å². The zero-order valence-corrected chi connectivity index (χ0v) is 14.0. The first kappa shape index (κ1) is 17.1. The minimum Gasteiger partial charge on any atom is -0.481 e. The van der Waals surface area contributed by atoms with Crippen LogP contribution >= 0.6 is 23.2 Å². The van der Waals surface area contributed by atoms with E-state index in [0.717, 1.165) is 0 Å². The van der Waals surface area contributed by atoms with Gasteiger partial charge in [0, 0.05) is 18.2 Å². The van der Waals surface area contributed by atoms with E-state index in [2.05, 4.69) is 0 Å². The first-order chi connectivity index (χ1) is 9.23. The summed E-state index contributed by atoms with van der Waals surface area (Å²) in [6, 6.07) is 5.22. The highest BCUT2D eigenvalue weighted by Gasteiger charge is 2.26. The maximum absolute atomic E-state index is 12.4. The van der Waals surface area contributed by atoms with Crippen molar-refractivity contribution in [1.29, 1.82) is 0 Å². The molecule has 0 heterocycles. The molecule has 0 saturated heterocycles. The van der Waals surface area contributed by atoms with Crippen LogP contribution < -0.4 is 4.74 Å². The van der Waals surface area contributed by atoms with Crippen LogP contribution in [0, 0.1) is 0 Å². The second kappa shape index (κ2) is 7.19. The van der Waals surface area contributed by atoms with Gasteiger partial charge in [0.15, 0.2) is 6.10 Å². The molecule has 20 heavy (non-hydrogen) atoms. The minimum atomic E-state index is -0.572. The molecule has 3 nitrogen and oxygen atoms in total. The van der Waals surface area contributed by atoms with Crippen LogP contribution in [0.1, 0.15) is 34.6 Å². The molecule has 1 unspecified atom stereocenters. The molecular formula is C15H21Cl2NO2. The molecule has 0 aliphatic heterocycles. The number of halogens is 2. The number of amides is 1. The van der Waals surface area contributed by atoms with Crippen LogP contribution in [0.25, 0.3) is 0 Å². The molecular weight excluding hydrogens is 297 g/mol. The summed E-state index contributed by atoms with van der Waals surface area (Å²) in [6.07, 6.45) is -0.572. The fourth-order valence-corrected chi connectivity index (χ4v) is 2.41. The number of carbonyl (C=O) groups excluding carboxylic acids is 1. The summed E-state index contributed by atoms with van der Waals surface area (Å²) in [5, 5.41) is 0.873. The van der Waals surface area contributed by atoms with Crippen molar-refractivity contribution in [1.82, 2.24) is 4.90 Å². The topological polar surface area (TPSA) is 29.5 Å². The Bertz CT molecular complexity index is 467. The van der Waals surface area contributed by atoms with Crippen LogP contribution in [0.4, 0.5) is 0 Å². The van der Waals surface area contributed by atoms with Gasteiger partial charge < -0.3 is 9.64 Å². The Hall–Kier alpha value is -0.930. The van der Waals surface area contributed by atoms with Gasteiger partial charge in [-0.05, 0) is 46.8 Å². The van der Waals surface area contributed by atoms with Gasteiger partial charge in [-0.1, -0.05) is 23.2 Å². The minimum absolute atomic E-state index is 0.0407. The van der Waals surface area contributed by atoms with Crippen molar-refractivity contribution >= 4 is 29.1 Å². The summed E-state index contributed by atoms with van der Waals surface area (Å²) in [5.41, 5.74) is 0. The third kappa shape index (κ3) is 4.29. The summed E-state index contributed by atoms with van der Waals surface area (Å²) in [6.45, 7) is 9.70. The highest BCUT2D eigenvalue weighted by atomic mass is 35.5. The first-order valence-corrected chi connectivity index (χ1v) is 7.43. The van der Waals surface area contributed by atoms with Gasteiger partial charge in [0.05, 0.1) is 10.0 Å². The molecule has 5 heteroatoms. The maximum atomic E-state index is 12.4. The third-order valence-electron chi connectivity index (χ3n) is 2.92. The van der Waals surface area contributed by atoms with Crippen molar-refractivity contribution in [3.63, 3.8) is 0 Å². The maximum Gasteiger partial charge on any atom is 0.263 e. The van der Waals surface area contributed by atoms with E-state index in [4.69, 9.17) is 27.9 Å². The van der Waals surface area contributed by atoms with Crippen LogP contribution in [0.2, 0.25) is 10.0 Å². The van der Waals surface area contributed by atoms with Crippen molar-refractivity contribution in [2.75, 3.05) is 0 Å². The van der Waals surface area contributed by atoms with E-state index < -0.39 is 6.10 Å². The van der Waals surface area contributed by atoms with E-state index in [1.807, 2.05) is 32.6 Å². The van der Waals surface area contributed by atoms with Crippen molar-refractivity contribution in [2.24, 2.45) is 0 Å². The van der Waals surface area contributed by atoms with Gasteiger partial charge in [-0.15, -0.1) is 0 Å². The van der Waals surface area contributed by atoms with Crippen molar-refractivity contribution in [3.8, 4) is 5.75 Å². The van der Waals surface area contributed by atoms with E-state index in [1.54, 1.807) is 25.1 Å². The molecule has 0 radical (unpaired) electrons. The smallest absolute Gasteiger partial charge is 0.263 e. The molecule has 0 aromatic heterocycles. The quantitative estimate of drug-likeness (QED) is 0.805. The normalized spacial score (nSPS) is 12.7. The number of carbonyl (C=O) groups is 1. The Morgan fingerprint density at radius 1 is 1.05 bits per heavy atom. The SMILES string of the molecule is CC(Oc1ccc(Cl)c(Cl)c1)C(=O)N(C(C)C)C(C)C. The number of hydrogen-bond donors (Lipinski definition) is 0. The predicted octanol–water partition coefficient (Wildman–Crippen LogP) is 4.41. The fourth-order valence-electron chi connectivity index (χ4n) is 2.12. The Kier molecular flexibility index (Phi) is 6.15. The van der Waals surface area contributed by atoms with Crippen molar-refractivity contribution in [2.45, 2.75) is 52.8 Å². The number of hydrogen-bond acceptors (Lipinski definition) is 2. The molecule has 0 N–H and O–H groups in total. The molecule has 1 aromatic carbocycles. The van der Waals surface area contributed by atoms with Gasteiger partial charge in [-0.2, -0.15) is 0 Å². The summed E-state index contributed by atoms with van der Waals surface area (Å²) in [5.74, 6) is 0.494. The number of benzene rings is 1. The van der Waals surface area contributed by atoms with Crippen LogP contribution in [0.3, 0.4) is 0 Å². The molecule has 1 amide bonds. The lowest BCUT2D eigenvalue weighted by atomic mass is 10.2. The predicted molar refractivity (Wildman–Crippen MR) is 83.7 cm³/mol. The average molecular weight is 318 g/mol. The molecule has 1 aromatic rings. The zero-order valence-electron chi connectivity index (χ0n) is 12.5. The average Bonchev–Trinajstić information content (AvgIpc) is 2.32. The number of nitrogens with zero attached hydrogens (tertiary/aromatic N) is 1. The molecule has 0 bridgehead atoms. The van der Waals surface area contributed by atoms with Crippen LogP contribution in [-0.4, -0.2) is 29.0 Å². The van der Waals surface area contributed by atoms with Gasteiger partial charge in [0.2, 0.25) is 0 Å². The third-order valence-corrected chi connectivity index (χ3v) is 3.66. The second-order valence-electron chi connectivity index (χ2n) is 5.27. The standard InChI is InChI=1S/C15H21Cl2NO2/c1-9(2)18(10(3)4)15(19)11(5)20-12-6-7-13(16)14(17)8-12/h6-11H,1-5H3. The van der Waals surface area contributed by atoms with Gasteiger partial charge in [0.25, 0.3) is 5.91 Å². The molecule has 112 valence electrons. The van der Waals surface area contributed by atoms with E-state index in [9.17, 15) is 4.79 Å². The number of rotatable bonds is 5. The Balaban J connectivity index is 2.81. The largest absolute Gasteiger partial charge is 0.481 e. The summed E-state index contributed by atoms with van der Waals surface area (Å²) >= 11 is 11.8. The Morgan fingerprint density at radius 3 is 2.05 bits per heavy atom. The van der Waals surface area contributed by atoms with Crippen molar-refractivity contribution in [3.05, 3.63) is 28.2 Å². The molecule has 1 rings (SSSR count). The van der Waals surface area contributed by atoms with E-state index in [1.165, 1.54) is 0 Å². The van der Waals surface area contributed by atoms with Gasteiger partial charge in [-0.25, -0.2) is 0 Å². The van der Waals surface area contributed by atoms with Gasteiger partial charge in [0.1, 0.15) is 5.75 Å². The monoisotopic (exact) mass is 317 g/mol. The number of ether oxygens (including phenoxy) is 1. The Labute approximate surface area is 130 Å². The van der Waals surface area contributed by atoms with E-state index >= 15 is 0 Å². The lowest BCUT2D eigenvalue weighted by Crippen LogP contribution is -2.47. The molecule has 0 fully saturated rings. The van der Waals surface area contributed by atoms with Crippen LogP contribution in [0.5, 0.6) is 5.75 Å². The summed E-state index contributed by atoms with van der Waals surface area (Å²) in [4.78, 5) is 14.2. The molecule has 1 atom stereocenters. The van der Waals surface area contributed by atoms with Crippen LogP contribution in [0.15, 0.2) is 18.2 Å². The lowest BCUT2D eigenvalue weighted by molar-refractivity contribution is -0.141. The van der Waals surface area contributed by atoms with Crippen LogP contribution in [-0.2, 0) is 4.79 Å². The zero-order chi connectivity index (χ0) is 15.4.